The molecule has 0 unspecified atom stereocenters. The summed E-state index contributed by atoms with van der Waals surface area (Å²) in [5, 5.41) is 12.6. The molecule has 0 aliphatic rings. The average molecular weight is 385 g/mol. The molecule has 7 heteroatoms. The van der Waals surface area contributed by atoms with Crippen molar-refractivity contribution in [3.63, 3.8) is 0 Å². The molecule has 0 saturated carbocycles. The lowest BCUT2D eigenvalue weighted by Gasteiger charge is -2.10. The molecule has 29 heavy (non-hydrogen) atoms. The molecule has 2 aromatic carbocycles. The van der Waals surface area contributed by atoms with E-state index in [-0.39, 0.29) is 11.4 Å². The number of hydrogen-bond donors (Lipinski definition) is 2. The van der Waals surface area contributed by atoms with Crippen LogP contribution in [0.5, 0.6) is 11.5 Å². The van der Waals surface area contributed by atoms with E-state index >= 15 is 0 Å². The van der Waals surface area contributed by atoms with Gasteiger partial charge in [0.05, 0.1) is 5.52 Å². The molecular formula is C22H15N3O4. The van der Waals surface area contributed by atoms with Crippen LogP contribution in [0.4, 0.5) is 5.69 Å². The molecule has 2 aromatic heterocycles. The topological polar surface area (TPSA) is 101 Å². The third kappa shape index (κ3) is 4.03. The summed E-state index contributed by atoms with van der Waals surface area (Å²) in [4.78, 5) is 31.4. The van der Waals surface area contributed by atoms with Crippen molar-refractivity contribution in [1.29, 1.82) is 0 Å². The van der Waals surface area contributed by atoms with Gasteiger partial charge in [-0.05, 0) is 54.6 Å². The number of rotatable bonds is 5. The summed E-state index contributed by atoms with van der Waals surface area (Å²) in [6.07, 6.45) is 1.69. The maximum atomic E-state index is 12.3. The Bertz CT molecular complexity index is 1200. The number of carboxylic acids is 1. The van der Waals surface area contributed by atoms with Crippen LogP contribution in [0.1, 0.15) is 21.0 Å². The highest BCUT2D eigenvalue weighted by molar-refractivity contribution is 6.03. The van der Waals surface area contributed by atoms with E-state index in [1.807, 2.05) is 24.3 Å². The Morgan fingerprint density at radius 2 is 1.62 bits per heavy atom. The van der Waals surface area contributed by atoms with Gasteiger partial charge in [0.15, 0.2) is 0 Å². The van der Waals surface area contributed by atoms with Gasteiger partial charge in [0.25, 0.3) is 5.91 Å². The Morgan fingerprint density at radius 3 is 2.41 bits per heavy atom. The molecule has 1 amide bonds. The van der Waals surface area contributed by atoms with Gasteiger partial charge < -0.3 is 15.2 Å². The summed E-state index contributed by atoms with van der Waals surface area (Å²) in [6, 6.07) is 20.6. The maximum absolute atomic E-state index is 12.3. The molecule has 0 aliphatic carbocycles. The van der Waals surface area contributed by atoms with Crippen molar-refractivity contribution in [2.45, 2.75) is 0 Å². The Morgan fingerprint density at radius 1 is 0.862 bits per heavy atom. The van der Waals surface area contributed by atoms with Gasteiger partial charge in [0.1, 0.15) is 22.9 Å². The van der Waals surface area contributed by atoms with E-state index in [9.17, 15) is 9.59 Å². The summed E-state index contributed by atoms with van der Waals surface area (Å²) in [5.41, 5.74) is 1.20. The highest BCUT2D eigenvalue weighted by Gasteiger charge is 2.12. The fraction of sp³-hybridized carbons (Fsp3) is 0. The maximum Gasteiger partial charge on any atom is 0.354 e. The van der Waals surface area contributed by atoms with Crippen LogP contribution in [0.2, 0.25) is 0 Å². The zero-order chi connectivity index (χ0) is 20.2. The van der Waals surface area contributed by atoms with E-state index < -0.39 is 11.9 Å². The zero-order valence-corrected chi connectivity index (χ0v) is 15.1. The van der Waals surface area contributed by atoms with E-state index in [0.717, 1.165) is 10.9 Å². The van der Waals surface area contributed by atoms with E-state index in [0.29, 0.717) is 17.2 Å². The summed E-state index contributed by atoms with van der Waals surface area (Å²) in [5.74, 6) is -0.404. The molecule has 0 bridgehead atoms. The normalized spacial score (nSPS) is 10.5. The van der Waals surface area contributed by atoms with Crippen LogP contribution in [-0.4, -0.2) is 27.0 Å². The van der Waals surface area contributed by atoms with E-state index in [4.69, 9.17) is 9.84 Å². The first-order valence-electron chi connectivity index (χ1n) is 8.73. The minimum atomic E-state index is -1.19. The number of carbonyl (C=O) groups excluding carboxylic acids is 1. The number of aromatic carboxylic acids is 1. The predicted molar refractivity (Wildman–Crippen MR) is 107 cm³/mol. The van der Waals surface area contributed by atoms with Crippen LogP contribution >= 0.6 is 0 Å². The third-order valence-electron chi connectivity index (χ3n) is 4.15. The van der Waals surface area contributed by atoms with Gasteiger partial charge in [-0.2, -0.15) is 0 Å². The van der Waals surface area contributed by atoms with Crippen LogP contribution in [0, 0.1) is 0 Å². The number of hydrogen-bond acceptors (Lipinski definition) is 5. The number of carboxylic acid groups (broad SMARTS) is 1. The third-order valence-corrected chi connectivity index (χ3v) is 4.15. The minimum Gasteiger partial charge on any atom is -0.477 e. The van der Waals surface area contributed by atoms with Crippen LogP contribution in [0.3, 0.4) is 0 Å². The van der Waals surface area contributed by atoms with Gasteiger partial charge in [-0.25, -0.2) is 9.78 Å². The summed E-state index contributed by atoms with van der Waals surface area (Å²) >= 11 is 0. The number of nitrogens with one attached hydrogen (secondary N) is 1. The second-order valence-electron chi connectivity index (χ2n) is 6.12. The first-order valence-corrected chi connectivity index (χ1v) is 8.73. The monoisotopic (exact) mass is 385 g/mol. The highest BCUT2D eigenvalue weighted by atomic mass is 16.5. The van der Waals surface area contributed by atoms with E-state index in [1.54, 1.807) is 36.5 Å². The van der Waals surface area contributed by atoms with Gasteiger partial charge >= 0.3 is 5.97 Å². The first-order chi connectivity index (χ1) is 14.1. The van der Waals surface area contributed by atoms with Crippen molar-refractivity contribution in [1.82, 2.24) is 9.97 Å². The van der Waals surface area contributed by atoms with Gasteiger partial charge in [-0.15, -0.1) is 0 Å². The first kappa shape index (κ1) is 18.1. The molecule has 2 N–H and O–H groups in total. The standard InChI is InChI=1S/C22H15N3O4/c26-21(18-6-3-7-19(25-18)22(27)28)24-14-8-10-15(11-9-14)29-20-12-13-23-17-5-2-1-4-16(17)20/h1-13H,(H,24,26)(H,27,28). The number of para-hydroxylation sites is 1. The fourth-order valence-electron chi connectivity index (χ4n) is 2.77. The molecule has 0 saturated heterocycles. The van der Waals surface area contributed by atoms with Gasteiger partial charge in [0.2, 0.25) is 0 Å². The SMILES string of the molecule is O=C(O)c1cccc(C(=O)Nc2ccc(Oc3ccnc4ccccc34)cc2)n1. The van der Waals surface area contributed by atoms with Crippen LogP contribution in [0.15, 0.2) is 79.0 Å². The number of amides is 1. The van der Waals surface area contributed by atoms with Crippen molar-refractivity contribution in [2.75, 3.05) is 5.32 Å². The molecular weight excluding hydrogens is 370 g/mol. The van der Waals surface area contributed by atoms with Crippen molar-refractivity contribution in [2.24, 2.45) is 0 Å². The van der Waals surface area contributed by atoms with Crippen molar-refractivity contribution in [3.8, 4) is 11.5 Å². The molecule has 0 atom stereocenters. The number of nitrogens with zero attached hydrogens (tertiary/aromatic N) is 2. The van der Waals surface area contributed by atoms with Crippen LogP contribution in [-0.2, 0) is 0 Å². The Kier molecular flexibility index (Phi) is 4.86. The quantitative estimate of drug-likeness (QED) is 0.529. The van der Waals surface area contributed by atoms with Crippen molar-refractivity contribution in [3.05, 3.63) is 90.4 Å². The number of benzene rings is 2. The number of fused-ring (bicyclic) bond motifs is 1. The lowest BCUT2D eigenvalue weighted by Crippen LogP contribution is -2.15. The smallest absolute Gasteiger partial charge is 0.354 e. The molecule has 0 radical (unpaired) electrons. The summed E-state index contributed by atoms with van der Waals surface area (Å²) in [6.45, 7) is 0. The molecule has 142 valence electrons. The molecule has 0 spiro atoms. The van der Waals surface area contributed by atoms with Crippen LogP contribution in [0.25, 0.3) is 10.9 Å². The lowest BCUT2D eigenvalue weighted by atomic mass is 10.2. The lowest BCUT2D eigenvalue weighted by molar-refractivity contribution is 0.0690. The van der Waals surface area contributed by atoms with Crippen LogP contribution < -0.4 is 10.1 Å². The summed E-state index contributed by atoms with van der Waals surface area (Å²) in [7, 11) is 0. The number of anilines is 1. The van der Waals surface area contributed by atoms with Crippen molar-refractivity contribution >= 4 is 28.5 Å². The second-order valence-corrected chi connectivity index (χ2v) is 6.12. The van der Waals surface area contributed by atoms with Crippen molar-refractivity contribution < 1.29 is 19.4 Å². The number of ether oxygens (including phenoxy) is 1. The van der Waals surface area contributed by atoms with Gasteiger partial charge in [0, 0.05) is 17.3 Å². The largest absolute Gasteiger partial charge is 0.477 e. The summed E-state index contributed by atoms with van der Waals surface area (Å²) < 4.78 is 5.95. The second kappa shape index (κ2) is 7.77. The van der Waals surface area contributed by atoms with Gasteiger partial charge in [-0.1, -0.05) is 18.2 Å². The molecule has 4 rings (SSSR count). The zero-order valence-electron chi connectivity index (χ0n) is 15.1. The molecule has 7 nitrogen and oxygen atoms in total. The van der Waals surface area contributed by atoms with Gasteiger partial charge in [-0.3, -0.25) is 9.78 Å². The molecule has 4 aromatic rings. The number of aromatic nitrogens is 2. The van der Waals surface area contributed by atoms with E-state index in [1.165, 1.54) is 18.2 Å². The predicted octanol–water partition coefficient (Wildman–Crippen LogP) is 4.37. The highest BCUT2D eigenvalue weighted by Crippen LogP contribution is 2.29. The average Bonchev–Trinajstić information content (AvgIpc) is 2.75. The number of carbonyl (C=O) groups is 2. The molecule has 0 fully saturated rings. The minimum absolute atomic E-state index is 0.0217. The molecule has 0 aliphatic heterocycles. The Labute approximate surface area is 165 Å². The molecule has 2 heterocycles. The van der Waals surface area contributed by atoms with E-state index in [2.05, 4.69) is 15.3 Å². The fourth-order valence-corrected chi connectivity index (χ4v) is 2.77. The Hall–Kier alpha value is -4.26. The number of pyridine rings is 2. The Balaban J connectivity index is 1.49.